The van der Waals surface area contributed by atoms with Gasteiger partial charge >= 0.3 is 0 Å². The molecule has 3 aliphatic heterocycles. The summed E-state index contributed by atoms with van der Waals surface area (Å²) in [6, 6.07) is 4.37. The molecule has 0 N–H and O–H groups in total. The fraction of sp³-hybridized carbons (Fsp3) is 0.458. The number of ketones is 1. The van der Waals surface area contributed by atoms with Gasteiger partial charge in [-0.2, -0.15) is 0 Å². The van der Waals surface area contributed by atoms with E-state index in [2.05, 4.69) is 39.9 Å². The van der Waals surface area contributed by atoms with Crippen LogP contribution in [0.5, 0.6) is 0 Å². The van der Waals surface area contributed by atoms with Crippen LogP contribution in [0.15, 0.2) is 42.4 Å². The minimum Gasteiger partial charge on any atom is -0.371 e. The van der Waals surface area contributed by atoms with Gasteiger partial charge in [-0.1, -0.05) is 12.1 Å². The number of carbonyl (C=O) groups is 1. The van der Waals surface area contributed by atoms with Crippen molar-refractivity contribution in [2.75, 3.05) is 49.6 Å². The Balaban J connectivity index is 1.25. The van der Waals surface area contributed by atoms with Crippen molar-refractivity contribution in [2.24, 2.45) is 0 Å². The van der Waals surface area contributed by atoms with E-state index in [1.165, 1.54) is 16.9 Å². The van der Waals surface area contributed by atoms with Crippen molar-refractivity contribution in [3.8, 4) is 0 Å². The first-order valence-corrected chi connectivity index (χ1v) is 10.4. The lowest BCUT2D eigenvalue weighted by atomic mass is 9.89. The molecule has 4 nitrogen and oxygen atoms in total. The third-order valence-corrected chi connectivity index (χ3v) is 6.63. The van der Waals surface area contributed by atoms with Crippen LogP contribution in [0.4, 0.5) is 15.8 Å². The van der Waals surface area contributed by atoms with E-state index in [9.17, 15) is 9.18 Å². The van der Waals surface area contributed by atoms with Gasteiger partial charge in [0.05, 0.1) is 16.9 Å². The molecule has 0 aromatic heterocycles. The van der Waals surface area contributed by atoms with Gasteiger partial charge in [-0.3, -0.25) is 4.79 Å². The number of anilines is 2. The minimum absolute atomic E-state index is 0.116. The maximum atomic E-state index is 13.8. The molecule has 2 aromatic rings. The van der Waals surface area contributed by atoms with Crippen molar-refractivity contribution in [3.63, 3.8) is 0 Å². The Morgan fingerprint density at radius 2 is 2.03 bits per heavy atom. The standard InChI is InChI=1S/C24H28FN3O/c1-26-14-15-28-21-11-13-27(16-20(21)19-4-2-5-22(26)24(19)28)12-3-6-23(29)17-7-9-18(25)10-8-17/h2,4-5,7-10,20-21H,3,6,11-16H2,1H3/t20-,21-/m0/s1/i7D,8D,9D,10D. The first-order valence-electron chi connectivity index (χ1n) is 12.4. The maximum absolute atomic E-state index is 13.8. The van der Waals surface area contributed by atoms with E-state index in [-0.39, 0.29) is 12.0 Å². The van der Waals surface area contributed by atoms with Crippen LogP contribution in [0.3, 0.4) is 0 Å². The number of likely N-dealkylation sites (tertiary alicyclic amines) is 1. The molecule has 0 bridgehead atoms. The number of hydrogen-bond acceptors (Lipinski definition) is 4. The second kappa shape index (κ2) is 7.45. The van der Waals surface area contributed by atoms with Crippen LogP contribution in [0, 0.1) is 5.82 Å². The summed E-state index contributed by atoms with van der Waals surface area (Å²) in [7, 11) is 2.15. The van der Waals surface area contributed by atoms with E-state index in [1.54, 1.807) is 0 Å². The SMILES string of the molecule is [2H]c1c([2H])c(C(=O)CCCN2CC[C@H]3[C@@H](C2)c2cccc4c2N3CCN4C)c([2H])c([2H])c1F. The molecule has 0 spiro atoms. The van der Waals surface area contributed by atoms with Gasteiger partial charge in [0.15, 0.2) is 5.78 Å². The Kier molecular flexibility index (Phi) is 3.74. The van der Waals surface area contributed by atoms with Crippen molar-refractivity contribution in [1.82, 2.24) is 4.90 Å². The maximum Gasteiger partial charge on any atom is 0.162 e. The lowest BCUT2D eigenvalue weighted by Crippen LogP contribution is -2.49. The predicted octanol–water partition coefficient (Wildman–Crippen LogP) is 3.92. The molecule has 3 aliphatic rings. The number of benzene rings is 2. The van der Waals surface area contributed by atoms with Crippen LogP contribution >= 0.6 is 0 Å². The first kappa shape index (κ1) is 14.6. The summed E-state index contributed by atoms with van der Waals surface area (Å²) in [6.45, 7) is 4.71. The molecule has 2 aromatic carbocycles. The number of fused-ring (bicyclic) bond motifs is 3. The number of nitrogens with zero attached hydrogens (tertiary/aromatic N) is 3. The van der Waals surface area contributed by atoms with Gasteiger partial charge in [0, 0.05) is 57.2 Å². The average molecular weight is 398 g/mol. The molecule has 5 rings (SSSR count). The van der Waals surface area contributed by atoms with Crippen LogP contribution in [-0.2, 0) is 0 Å². The highest BCUT2D eigenvalue weighted by Crippen LogP contribution is 2.50. The molecule has 5 heteroatoms. The first-order chi connectivity index (χ1) is 15.8. The van der Waals surface area contributed by atoms with Gasteiger partial charge in [0.25, 0.3) is 0 Å². The Hall–Kier alpha value is -2.40. The van der Waals surface area contributed by atoms with Crippen molar-refractivity contribution in [2.45, 2.75) is 31.2 Å². The van der Waals surface area contributed by atoms with E-state index in [1.807, 2.05) is 0 Å². The molecule has 0 aliphatic carbocycles. The molecule has 1 saturated heterocycles. The number of hydrogen-bond donors (Lipinski definition) is 0. The molecule has 0 saturated carbocycles. The van der Waals surface area contributed by atoms with Gasteiger partial charge < -0.3 is 14.7 Å². The summed E-state index contributed by atoms with van der Waals surface area (Å²) in [5, 5.41) is 0. The second-order valence-electron chi connectivity index (χ2n) is 8.31. The molecule has 0 unspecified atom stereocenters. The number of rotatable bonds is 5. The van der Waals surface area contributed by atoms with E-state index in [0.717, 1.165) is 39.1 Å². The van der Waals surface area contributed by atoms with E-state index in [0.29, 0.717) is 18.4 Å². The predicted molar refractivity (Wildman–Crippen MR) is 115 cm³/mol. The summed E-state index contributed by atoms with van der Waals surface area (Å²) in [6.07, 6.45) is 1.75. The monoisotopic (exact) mass is 397 g/mol. The van der Waals surface area contributed by atoms with Crippen LogP contribution in [0.25, 0.3) is 0 Å². The summed E-state index contributed by atoms with van der Waals surface area (Å²) in [5.74, 6) is -1.23. The number of para-hydroxylation sites is 1. The van der Waals surface area contributed by atoms with Crippen LogP contribution in [0.1, 0.15) is 46.6 Å². The van der Waals surface area contributed by atoms with Crippen LogP contribution < -0.4 is 9.80 Å². The topological polar surface area (TPSA) is 26.8 Å². The zero-order chi connectivity index (χ0) is 23.4. The quantitative estimate of drug-likeness (QED) is 0.715. The van der Waals surface area contributed by atoms with Gasteiger partial charge in [-0.25, -0.2) is 4.39 Å². The van der Waals surface area contributed by atoms with E-state index in [4.69, 9.17) is 5.48 Å². The van der Waals surface area contributed by atoms with Gasteiger partial charge in [-0.15, -0.1) is 0 Å². The van der Waals surface area contributed by atoms with Crippen molar-refractivity contribution in [3.05, 3.63) is 59.3 Å². The van der Waals surface area contributed by atoms with Crippen LogP contribution in [-0.4, -0.2) is 56.5 Å². The minimum atomic E-state index is -1.21. The number of Topliss-reactive ketones (excluding diaryl/α,β-unsaturated/α-hetero) is 1. The fourth-order valence-electron chi connectivity index (χ4n) is 5.20. The van der Waals surface area contributed by atoms with Crippen LogP contribution in [0.2, 0.25) is 0 Å². The van der Waals surface area contributed by atoms with Crippen molar-refractivity contribution in [1.29, 1.82) is 0 Å². The Morgan fingerprint density at radius 1 is 1.21 bits per heavy atom. The van der Waals surface area contributed by atoms with Gasteiger partial charge in [0.1, 0.15) is 5.82 Å². The highest BCUT2D eigenvalue weighted by atomic mass is 19.1. The van der Waals surface area contributed by atoms with Crippen molar-refractivity contribution < 1.29 is 14.7 Å². The largest absolute Gasteiger partial charge is 0.371 e. The molecule has 0 amide bonds. The van der Waals surface area contributed by atoms with Gasteiger partial charge in [0.2, 0.25) is 0 Å². The lowest BCUT2D eigenvalue weighted by Gasteiger charge is -2.41. The second-order valence-corrected chi connectivity index (χ2v) is 8.31. The zero-order valence-electron chi connectivity index (χ0n) is 20.7. The smallest absolute Gasteiger partial charge is 0.162 e. The summed E-state index contributed by atoms with van der Waals surface area (Å²) in [5.41, 5.74) is 3.81. The number of carbonyl (C=O) groups excluding carboxylic acids is 1. The highest BCUT2D eigenvalue weighted by Gasteiger charge is 2.44. The highest BCUT2D eigenvalue weighted by molar-refractivity contribution is 5.95. The Morgan fingerprint density at radius 3 is 2.86 bits per heavy atom. The number of halogens is 1. The fourth-order valence-corrected chi connectivity index (χ4v) is 5.20. The zero-order valence-corrected chi connectivity index (χ0v) is 16.7. The normalized spacial score (nSPS) is 25.0. The molecule has 0 radical (unpaired) electrons. The third-order valence-electron chi connectivity index (χ3n) is 6.63. The molecule has 2 atom stereocenters. The molecule has 152 valence electrons. The van der Waals surface area contributed by atoms with Gasteiger partial charge in [-0.05, 0) is 55.2 Å². The number of likely N-dealkylation sites (N-methyl/N-ethyl adjacent to an activating group) is 1. The molecular weight excluding hydrogens is 365 g/mol. The summed E-state index contributed by atoms with van der Waals surface area (Å²) in [4.78, 5) is 20.0. The number of piperidine rings is 1. The third kappa shape index (κ3) is 3.31. The molecule has 3 heterocycles. The van der Waals surface area contributed by atoms with E-state index < -0.39 is 35.8 Å². The summed E-state index contributed by atoms with van der Waals surface area (Å²) >= 11 is 0. The Labute approximate surface area is 177 Å². The average Bonchev–Trinajstić information content (AvgIpc) is 3.13. The van der Waals surface area contributed by atoms with Crippen molar-refractivity contribution >= 4 is 17.2 Å². The molecule has 1 fully saturated rings. The summed E-state index contributed by atoms with van der Waals surface area (Å²) < 4.78 is 44.8. The lowest BCUT2D eigenvalue weighted by molar-refractivity contribution is 0.0971. The Bertz CT molecular complexity index is 1100. The molecular formula is C24H28FN3O. The van der Waals surface area contributed by atoms with E-state index >= 15 is 0 Å². The molecule has 29 heavy (non-hydrogen) atoms.